The lowest BCUT2D eigenvalue weighted by atomic mass is 10.2. The molecule has 0 atom stereocenters. The summed E-state index contributed by atoms with van der Waals surface area (Å²) in [5, 5.41) is 4.51. The van der Waals surface area contributed by atoms with E-state index >= 15 is 0 Å². The molecule has 0 saturated carbocycles. The number of anilines is 1. The highest BCUT2D eigenvalue weighted by Crippen LogP contribution is 2.23. The molecule has 0 aliphatic carbocycles. The summed E-state index contributed by atoms with van der Waals surface area (Å²) in [7, 11) is 0. The number of hydrogen-bond donors (Lipinski definition) is 1. The lowest BCUT2D eigenvalue weighted by Crippen LogP contribution is -2.30. The van der Waals surface area contributed by atoms with Crippen molar-refractivity contribution in [2.45, 2.75) is 20.8 Å². The Morgan fingerprint density at radius 2 is 1.88 bits per heavy atom. The maximum atomic E-state index is 12.7. The van der Waals surface area contributed by atoms with E-state index in [4.69, 9.17) is 5.73 Å². The second-order valence-electron chi connectivity index (χ2n) is 5.79. The van der Waals surface area contributed by atoms with Crippen LogP contribution in [0.15, 0.2) is 36.8 Å². The molecule has 8 heteroatoms. The quantitative estimate of drug-likeness (QED) is 0.755. The molecule has 2 N–H and O–H groups in total. The van der Waals surface area contributed by atoms with Gasteiger partial charge in [0.25, 0.3) is 5.91 Å². The number of aryl methyl sites for hydroxylation is 1. The fourth-order valence-electron chi connectivity index (χ4n) is 2.59. The highest BCUT2D eigenvalue weighted by Gasteiger charge is 2.21. The normalized spacial score (nSPS) is 10.7. The Labute approximate surface area is 151 Å². The van der Waals surface area contributed by atoms with Gasteiger partial charge in [0.1, 0.15) is 11.5 Å². The molecule has 0 radical (unpaired) electrons. The van der Waals surface area contributed by atoms with Gasteiger partial charge in [-0.2, -0.15) is 5.10 Å². The molecule has 0 aliphatic rings. The van der Waals surface area contributed by atoms with Gasteiger partial charge in [0, 0.05) is 18.8 Å². The molecule has 3 heterocycles. The molecular formula is C18H21N7O. The van der Waals surface area contributed by atoms with E-state index in [0.29, 0.717) is 36.0 Å². The number of pyridine rings is 1. The van der Waals surface area contributed by atoms with E-state index < -0.39 is 0 Å². The van der Waals surface area contributed by atoms with Crippen LogP contribution in [0.25, 0.3) is 17.1 Å². The molecule has 134 valence electrons. The number of rotatable bonds is 5. The fourth-order valence-corrected chi connectivity index (χ4v) is 2.59. The Balaban J connectivity index is 2.12. The van der Waals surface area contributed by atoms with Gasteiger partial charge in [0.15, 0.2) is 5.69 Å². The monoisotopic (exact) mass is 351 g/mol. The summed E-state index contributed by atoms with van der Waals surface area (Å²) >= 11 is 0. The average molecular weight is 351 g/mol. The highest BCUT2D eigenvalue weighted by atomic mass is 16.2. The van der Waals surface area contributed by atoms with E-state index in [0.717, 1.165) is 11.4 Å². The summed E-state index contributed by atoms with van der Waals surface area (Å²) < 4.78 is 1.66. The van der Waals surface area contributed by atoms with Crippen LogP contribution in [0.3, 0.4) is 0 Å². The first-order chi connectivity index (χ1) is 12.5. The molecule has 0 unspecified atom stereocenters. The van der Waals surface area contributed by atoms with Gasteiger partial charge in [0.05, 0.1) is 30.0 Å². The molecule has 3 aromatic heterocycles. The predicted octanol–water partition coefficient (Wildman–Crippen LogP) is 2.10. The van der Waals surface area contributed by atoms with Crippen LogP contribution in [-0.4, -0.2) is 48.6 Å². The molecule has 1 amide bonds. The second-order valence-corrected chi connectivity index (χ2v) is 5.79. The van der Waals surface area contributed by atoms with Crippen molar-refractivity contribution < 1.29 is 4.79 Å². The Bertz CT molecular complexity index is 833. The molecular weight excluding hydrogens is 330 g/mol. The number of nitrogen functional groups attached to an aromatic ring is 1. The van der Waals surface area contributed by atoms with Gasteiger partial charge in [-0.15, -0.1) is 0 Å². The second kappa shape index (κ2) is 7.30. The van der Waals surface area contributed by atoms with E-state index in [1.807, 2.05) is 32.9 Å². The van der Waals surface area contributed by atoms with Gasteiger partial charge in [-0.3, -0.25) is 9.78 Å². The van der Waals surface area contributed by atoms with Crippen LogP contribution in [0, 0.1) is 6.92 Å². The van der Waals surface area contributed by atoms with Crippen molar-refractivity contribution in [3.05, 3.63) is 48.2 Å². The van der Waals surface area contributed by atoms with Crippen LogP contribution in [0.1, 0.15) is 30.0 Å². The zero-order valence-electron chi connectivity index (χ0n) is 15.0. The van der Waals surface area contributed by atoms with Crippen molar-refractivity contribution in [2.75, 3.05) is 18.8 Å². The van der Waals surface area contributed by atoms with Crippen molar-refractivity contribution in [3.63, 3.8) is 0 Å². The van der Waals surface area contributed by atoms with Gasteiger partial charge in [-0.05, 0) is 39.0 Å². The smallest absolute Gasteiger partial charge is 0.274 e. The Morgan fingerprint density at radius 3 is 2.46 bits per heavy atom. The van der Waals surface area contributed by atoms with Gasteiger partial charge in [-0.1, -0.05) is 0 Å². The zero-order chi connectivity index (χ0) is 18.7. The predicted molar refractivity (Wildman–Crippen MR) is 98.8 cm³/mol. The third-order valence-corrected chi connectivity index (χ3v) is 4.05. The maximum Gasteiger partial charge on any atom is 0.274 e. The van der Waals surface area contributed by atoms with E-state index in [9.17, 15) is 4.79 Å². The maximum absolute atomic E-state index is 12.7. The number of hydrogen-bond acceptors (Lipinski definition) is 6. The Kier molecular flexibility index (Phi) is 4.92. The van der Waals surface area contributed by atoms with Gasteiger partial charge in [-0.25, -0.2) is 14.6 Å². The molecule has 0 saturated heterocycles. The van der Waals surface area contributed by atoms with Crippen molar-refractivity contribution in [1.29, 1.82) is 0 Å². The summed E-state index contributed by atoms with van der Waals surface area (Å²) in [5.74, 6) is 0.203. The molecule has 0 aromatic carbocycles. The minimum absolute atomic E-state index is 0.126. The molecule has 26 heavy (non-hydrogen) atoms. The number of amides is 1. The number of nitrogens with zero attached hydrogens (tertiary/aromatic N) is 6. The third-order valence-electron chi connectivity index (χ3n) is 4.05. The molecule has 0 bridgehead atoms. The van der Waals surface area contributed by atoms with Gasteiger partial charge in [0.2, 0.25) is 0 Å². The number of carbonyl (C=O) groups is 1. The molecule has 3 aromatic rings. The first-order valence-corrected chi connectivity index (χ1v) is 8.43. The summed E-state index contributed by atoms with van der Waals surface area (Å²) in [6.07, 6.45) is 4.75. The molecule has 8 nitrogen and oxygen atoms in total. The zero-order valence-corrected chi connectivity index (χ0v) is 15.0. The van der Waals surface area contributed by atoms with Crippen molar-refractivity contribution in [2.24, 2.45) is 0 Å². The first kappa shape index (κ1) is 17.5. The minimum Gasteiger partial charge on any atom is -0.382 e. The Hall–Kier alpha value is -3.29. The topological polar surface area (TPSA) is 103 Å². The fraction of sp³-hybridized carbons (Fsp3) is 0.278. The van der Waals surface area contributed by atoms with Crippen molar-refractivity contribution in [1.82, 2.24) is 29.6 Å². The molecule has 0 aliphatic heterocycles. The van der Waals surface area contributed by atoms with E-state index in [1.54, 1.807) is 28.0 Å². The largest absolute Gasteiger partial charge is 0.382 e. The summed E-state index contributed by atoms with van der Waals surface area (Å²) in [5.41, 5.74) is 8.85. The third kappa shape index (κ3) is 3.39. The summed E-state index contributed by atoms with van der Waals surface area (Å²) in [4.78, 5) is 27.2. The summed E-state index contributed by atoms with van der Waals surface area (Å²) in [6.45, 7) is 7.02. The van der Waals surface area contributed by atoms with Crippen LogP contribution < -0.4 is 5.73 Å². The van der Waals surface area contributed by atoms with E-state index in [-0.39, 0.29) is 5.91 Å². The van der Waals surface area contributed by atoms with Crippen LogP contribution in [0.4, 0.5) is 5.82 Å². The van der Waals surface area contributed by atoms with Crippen LogP contribution >= 0.6 is 0 Å². The van der Waals surface area contributed by atoms with Gasteiger partial charge < -0.3 is 10.6 Å². The van der Waals surface area contributed by atoms with Crippen molar-refractivity contribution in [3.8, 4) is 17.1 Å². The van der Waals surface area contributed by atoms with Gasteiger partial charge >= 0.3 is 0 Å². The van der Waals surface area contributed by atoms with Crippen LogP contribution in [0.5, 0.6) is 0 Å². The van der Waals surface area contributed by atoms with E-state index in [1.165, 1.54) is 6.20 Å². The SMILES string of the molecule is CCN(CC)C(=O)c1cc(-c2cnc(N)cn2)n(-c2ccc(C)nc2)n1. The van der Waals surface area contributed by atoms with Crippen LogP contribution in [-0.2, 0) is 0 Å². The molecule has 0 spiro atoms. The first-order valence-electron chi connectivity index (χ1n) is 8.43. The van der Waals surface area contributed by atoms with E-state index in [2.05, 4.69) is 20.1 Å². The lowest BCUT2D eigenvalue weighted by molar-refractivity contribution is 0.0766. The van der Waals surface area contributed by atoms with Crippen LogP contribution in [0.2, 0.25) is 0 Å². The molecule has 3 rings (SSSR count). The number of carbonyl (C=O) groups excluding carboxylic acids is 1. The minimum atomic E-state index is -0.126. The summed E-state index contributed by atoms with van der Waals surface area (Å²) in [6, 6.07) is 5.51. The van der Waals surface area contributed by atoms with Crippen molar-refractivity contribution >= 4 is 11.7 Å². The standard InChI is InChI=1S/C18H21N7O/c1-4-24(5-2)18(26)14-8-16(15-10-22-17(19)11-21-15)25(23-14)13-7-6-12(3)20-9-13/h6-11H,4-5H2,1-3H3,(H2,19,22). The number of nitrogens with two attached hydrogens (primary N) is 1. The number of aromatic nitrogens is 5. The Morgan fingerprint density at radius 1 is 1.12 bits per heavy atom. The highest BCUT2D eigenvalue weighted by molar-refractivity contribution is 5.93. The molecule has 0 fully saturated rings. The lowest BCUT2D eigenvalue weighted by Gasteiger charge is -2.16. The average Bonchev–Trinajstić information content (AvgIpc) is 3.09.